The summed E-state index contributed by atoms with van der Waals surface area (Å²) in [4.78, 5) is 3.61. The van der Waals surface area contributed by atoms with Crippen molar-refractivity contribution in [2.75, 3.05) is 31.1 Å². The molecule has 0 saturated carbocycles. The lowest BCUT2D eigenvalue weighted by molar-refractivity contribution is -0.915. The summed E-state index contributed by atoms with van der Waals surface area (Å²) in [6, 6.07) is 14.8. The van der Waals surface area contributed by atoms with E-state index in [-0.39, 0.29) is 0 Å². The van der Waals surface area contributed by atoms with E-state index in [4.69, 9.17) is 16.0 Å². The first-order valence-electron chi connectivity index (χ1n) is 8.64. The summed E-state index contributed by atoms with van der Waals surface area (Å²) in [6.45, 7) is 4.37. The Morgan fingerprint density at radius 1 is 1.04 bits per heavy atom. The highest BCUT2D eigenvalue weighted by atomic mass is 35.5. The van der Waals surface area contributed by atoms with Crippen LogP contribution >= 0.6 is 11.6 Å². The summed E-state index contributed by atoms with van der Waals surface area (Å²) in [5.74, 6) is 1.49. The molecule has 0 aliphatic carbocycles. The number of hydrogen-bond acceptors (Lipinski definition) is 5. The van der Waals surface area contributed by atoms with E-state index in [2.05, 4.69) is 15.1 Å². The maximum Gasteiger partial charge on any atom is 0.271 e. The highest BCUT2D eigenvalue weighted by Gasteiger charge is 2.23. The van der Waals surface area contributed by atoms with Crippen LogP contribution < -0.4 is 9.80 Å². The van der Waals surface area contributed by atoms with Gasteiger partial charge in [0.1, 0.15) is 5.75 Å². The molecule has 1 aliphatic rings. The number of nitrogens with zero attached hydrogens (tertiary/aromatic N) is 3. The smallest absolute Gasteiger partial charge is 0.271 e. The Labute approximate surface area is 156 Å². The number of quaternary nitrogens is 1. The van der Waals surface area contributed by atoms with Crippen LogP contribution in [0.15, 0.2) is 52.9 Å². The number of piperazine rings is 1. The lowest BCUT2D eigenvalue weighted by Gasteiger charge is -2.33. The first-order valence-corrected chi connectivity index (χ1v) is 9.02. The van der Waals surface area contributed by atoms with Crippen LogP contribution in [-0.2, 0) is 6.54 Å². The number of nitrogens with one attached hydrogen (secondary N) is 1. The molecule has 3 aromatic rings. The molecule has 6 nitrogen and oxygen atoms in total. The van der Waals surface area contributed by atoms with E-state index in [1.165, 1.54) is 4.90 Å². The molecule has 2 heterocycles. The number of halogens is 1. The minimum absolute atomic E-state index is 0.334. The van der Waals surface area contributed by atoms with Gasteiger partial charge in [0.05, 0.1) is 31.9 Å². The van der Waals surface area contributed by atoms with Gasteiger partial charge in [0.15, 0.2) is 6.54 Å². The van der Waals surface area contributed by atoms with Crippen LogP contribution in [-0.4, -0.2) is 41.5 Å². The first kappa shape index (κ1) is 16.9. The molecule has 0 spiro atoms. The molecule has 0 atom stereocenters. The molecule has 2 N–H and O–H groups in total. The number of phenolic OH excluding ortho intramolecular Hbond substituents is 1. The summed E-state index contributed by atoms with van der Waals surface area (Å²) in [7, 11) is 0. The lowest BCUT2D eigenvalue weighted by atomic mass is 10.2. The van der Waals surface area contributed by atoms with Crippen LogP contribution in [0, 0.1) is 0 Å². The predicted octanol–water partition coefficient (Wildman–Crippen LogP) is 2.00. The molecule has 1 aliphatic heterocycles. The number of phenols is 1. The van der Waals surface area contributed by atoms with Crippen molar-refractivity contribution in [3.05, 3.63) is 59.4 Å². The number of para-hydroxylation sites is 2. The molecule has 0 radical (unpaired) electrons. The number of rotatable bonds is 4. The minimum Gasteiger partial charge on any atom is -0.506 e. The molecule has 26 heavy (non-hydrogen) atoms. The normalized spacial score (nSPS) is 15.3. The fourth-order valence-corrected chi connectivity index (χ4v) is 3.35. The highest BCUT2D eigenvalue weighted by molar-refractivity contribution is 6.30. The number of aromatic nitrogens is 2. The van der Waals surface area contributed by atoms with Gasteiger partial charge in [-0.05, 0) is 36.4 Å². The van der Waals surface area contributed by atoms with E-state index < -0.39 is 0 Å². The maximum absolute atomic E-state index is 10.0. The Kier molecular flexibility index (Phi) is 4.77. The molecule has 0 amide bonds. The van der Waals surface area contributed by atoms with Gasteiger partial charge in [0.25, 0.3) is 5.89 Å². The summed E-state index contributed by atoms with van der Waals surface area (Å²) < 4.78 is 5.80. The largest absolute Gasteiger partial charge is 0.506 e. The third-order valence-electron chi connectivity index (χ3n) is 4.65. The topological polar surface area (TPSA) is 66.8 Å². The van der Waals surface area contributed by atoms with Crippen molar-refractivity contribution in [3.8, 4) is 17.2 Å². The van der Waals surface area contributed by atoms with Gasteiger partial charge in [-0.25, -0.2) is 0 Å². The quantitative estimate of drug-likeness (QED) is 0.734. The van der Waals surface area contributed by atoms with Crippen molar-refractivity contribution < 1.29 is 14.4 Å². The van der Waals surface area contributed by atoms with Gasteiger partial charge in [0.2, 0.25) is 5.89 Å². The molecular weight excluding hydrogens is 352 g/mol. The summed E-state index contributed by atoms with van der Waals surface area (Å²) in [5.41, 5.74) is 1.77. The number of hydrogen-bond donors (Lipinski definition) is 2. The number of aromatic hydroxyl groups is 1. The third kappa shape index (κ3) is 3.66. The van der Waals surface area contributed by atoms with E-state index in [0.29, 0.717) is 29.1 Å². The zero-order valence-electron chi connectivity index (χ0n) is 14.2. The van der Waals surface area contributed by atoms with Crippen molar-refractivity contribution in [1.82, 2.24) is 10.2 Å². The molecule has 7 heteroatoms. The van der Waals surface area contributed by atoms with Gasteiger partial charge in [-0.15, -0.1) is 10.2 Å². The van der Waals surface area contributed by atoms with Crippen LogP contribution in [0.3, 0.4) is 0 Å². The lowest BCUT2D eigenvalue weighted by Crippen LogP contribution is -3.13. The van der Waals surface area contributed by atoms with Gasteiger partial charge in [0, 0.05) is 10.6 Å². The Hall–Kier alpha value is -2.57. The molecule has 4 rings (SSSR count). The monoisotopic (exact) mass is 371 g/mol. The number of benzene rings is 2. The van der Waals surface area contributed by atoms with Crippen molar-refractivity contribution >= 4 is 17.3 Å². The summed E-state index contributed by atoms with van der Waals surface area (Å²) in [6.07, 6.45) is 0. The van der Waals surface area contributed by atoms with Gasteiger partial charge in [-0.1, -0.05) is 23.7 Å². The minimum atomic E-state index is 0.334. The molecule has 0 unspecified atom stereocenters. The van der Waals surface area contributed by atoms with Gasteiger partial charge >= 0.3 is 0 Å². The van der Waals surface area contributed by atoms with Gasteiger partial charge < -0.3 is 19.3 Å². The second-order valence-electron chi connectivity index (χ2n) is 6.41. The molecule has 134 valence electrons. The highest BCUT2D eigenvalue weighted by Crippen LogP contribution is 2.26. The summed E-state index contributed by atoms with van der Waals surface area (Å²) >= 11 is 5.91. The summed E-state index contributed by atoms with van der Waals surface area (Å²) in [5, 5.41) is 19.0. The van der Waals surface area contributed by atoms with E-state index in [9.17, 15) is 5.11 Å². The third-order valence-corrected chi connectivity index (χ3v) is 4.90. The van der Waals surface area contributed by atoms with Crippen molar-refractivity contribution in [3.63, 3.8) is 0 Å². The zero-order valence-corrected chi connectivity index (χ0v) is 15.0. The van der Waals surface area contributed by atoms with Crippen molar-refractivity contribution in [2.45, 2.75) is 6.54 Å². The Morgan fingerprint density at radius 2 is 1.77 bits per heavy atom. The molecule has 1 saturated heterocycles. The van der Waals surface area contributed by atoms with Crippen molar-refractivity contribution in [1.29, 1.82) is 0 Å². The fraction of sp³-hybridized carbons (Fsp3) is 0.263. The maximum atomic E-state index is 10.0. The molecule has 0 bridgehead atoms. The predicted molar refractivity (Wildman–Crippen MR) is 99.5 cm³/mol. The fourth-order valence-electron chi connectivity index (χ4n) is 3.22. The Bertz CT molecular complexity index is 873. The molecule has 1 aromatic heterocycles. The average molecular weight is 372 g/mol. The van der Waals surface area contributed by atoms with Crippen LogP contribution in [0.4, 0.5) is 5.69 Å². The van der Waals surface area contributed by atoms with E-state index in [0.717, 1.165) is 37.4 Å². The van der Waals surface area contributed by atoms with E-state index >= 15 is 0 Å². The van der Waals surface area contributed by atoms with Gasteiger partial charge in [-0.3, -0.25) is 0 Å². The van der Waals surface area contributed by atoms with Crippen molar-refractivity contribution in [2.24, 2.45) is 0 Å². The second-order valence-corrected chi connectivity index (χ2v) is 6.85. The molecule has 1 fully saturated rings. The van der Waals surface area contributed by atoms with E-state index in [1.807, 2.05) is 42.5 Å². The van der Waals surface area contributed by atoms with Crippen LogP contribution in [0.1, 0.15) is 5.89 Å². The standard InChI is InChI=1S/C19H19ClN4O2/c20-15-7-5-14(6-8-15)19-22-21-18(26-19)13-23-9-11-24(12-10-23)16-3-1-2-4-17(16)25/h1-8,25H,9-13H2/p+1. The van der Waals surface area contributed by atoms with Crippen LogP contribution in [0.5, 0.6) is 5.75 Å². The zero-order chi connectivity index (χ0) is 17.9. The SMILES string of the molecule is Oc1ccccc1N1CC[NH+](Cc2nnc(-c3ccc(Cl)cc3)o2)CC1. The molecular formula is C19H20ClN4O2+. The Morgan fingerprint density at radius 3 is 2.50 bits per heavy atom. The van der Waals surface area contributed by atoms with E-state index in [1.54, 1.807) is 6.07 Å². The average Bonchev–Trinajstić information content (AvgIpc) is 3.12. The van der Waals surface area contributed by atoms with Crippen LogP contribution in [0.2, 0.25) is 5.02 Å². The first-order chi connectivity index (χ1) is 12.7. The van der Waals surface area contributed by atoms with Gasteiger partial charge in [-0.2, -0.15) is 0 Å². The van der Waals surface area contributed by atoms with Crippen LogP contribution in [0.25, 0.3) is 11.5 Å². The second kappa shape index (κ2) is 7.35. The molecule has 2 aromatic carbocycles. The Balaban J connectivity index is 1.36. The number of anilines is 1.